The molecule has 2 aromatic rings. The summed E-state index contributed by atoms with van der Waals surface area (Å²) in [6.07, 6.45) is 5.17. The van der Waals surface area contributed by atoms with Crippen LogP contribution in [0.25, 0.3) is 6.08 Å². The van der Waals surface area contributed by atoms with Crippen LogP contribution < -0.4 is 19.5 Å². The third kappa shape index (κ3) is 3.14. The minimum absolute atomic E-state index is 0.244. The topological polar surface area (TPSA) is 118 Å². The van der Waals surface area contributed by atoms with Crippen molar-refractivity contribution in [1.82, 2.24) is 4.98 Å². The van der Waals surface area contributed by atoms with Gasteiger partial charge < -0.3 is 19.5 Å². The molecular weight excluding hydrogens is 386 g/mol. The van der Waals surface area contributed by atoms with E-state index in [-0.39, 0.29) is 11.1 Å². The molecule has 1 aromatic heterocycles. The quantitative estimate of drug-likeness (QED) is 0.820. The van der Waals surface area contributed by atoms with E-state index in [1.807, 2.05) is 0 Å². The minimum atomic E-state index is -0.438. The lowest BCUT2D eigenvalue weighted by Gasteiger charge is -2.18. The number of nitrogens with zero attached hydrogens (tertiary/aromatic N) is 4. The highest BCUT2D eigenvalue weighted by molar-refractivity contribution is 6.15. The van der Waals surface area contributed by atoms with Gasteiger partial charge >= 0.3 is 0 Å². The Morgan fingerprint density at radius 1 is 1.17 bits per heavy atom. The summed E-state index contributed by atoms with van der Waals surface area (Å²) in [5.74, 6) is 0.642. The molecule has 0 saturated carbocycles. The summed E-state index contributed by atoms with van der Waals surface area (Å²) in [7, 11) is 4.43. The molecule has 0 unspecified atom stereocenters. The largest absolute Gasteiger partial charge is 0.493 e. The number of carbonyl (C=O) groups excluding carboxylic acids is 1. The number of allylic oxidation sites excluding steroid dienone is 1. The van der Waals surface area contributed by atoms with E-state index in [4.69, 9.17) is 14.2 Å². The van der Waals surface area contributed by atoms with E-state index < -0.39 is 5.91 Å². The molecule has 4 rings (SSSR count). The average Bonchev–Trinajstić information content (AvgIpc) is 3.24. The summed E-state index contributed by atoms with van der Waals surface area (Å²) < 4.78 is 15.9. The van der Waals surface area contributed by atoms with Crippen LogP contribution in [0.5, 0.6) is 17.2 Å². The first-order valence-corrected chi connectivity index (χ1v) is 8.94. The van der Waals surface area contributed by atoms with E-state index in [1.165, 1.54) is 33.9 Å². The Kier molecular flexibility index (Phi) is 4.90. The number of hydrogen-bond donors (Lipinski definition) is 1. The van der Waals surface area contributed by atoms with Gasteiger partial charge in [0, 0.05) is 23.7 Å². The van der Waals surface area contributed by atoms with Crippen molar-refractivity contribution in [2.75, 3.05) is 26.6 Å². The zero-order valence-corrected chi connectivity index (χ0v) is 16.5. The number of aromatic nitrogens is 1. The standard InChI is InChI=1S/C21H17N5O4/c1-28-17-4-11(5-18(29-2)20(17)30-3)21(27)26-19-12(8-22)9-23-14-7-16-15(6-13(14)19)24-10-25-16/h4-6,9-10H,7H2,1-3H3,(H,23,26,27). The SMILES string of the molecule is COc1cc(C(=O)Nc2c(C#N)cnc3c2C=C2N=CN=C2C3)cc(OC)c1OC. The number of ether oxygens (including phenoxy) is 3. The smallest absolute Gasteiger partial charge is 0.255 e. The summed E-state index contributed by atoms with van der Waals surface area (Å²) in [6, 6.07) is 5.17. The van der Waals surface area contributed by atoms with Crippen molar-refractivity contribution in [3.63, 3.8) is 0 Å². The monoisotopic (exact) mass is 403 g/mol. The number of fused-ring (bicyclic) bond motifs is 2. The second-order valence-electron chi connectivity index (χ2n) is 6.41. The summed E-state index contributed by atoms with van der Waals surface area (Å²) in [5, 5.41) is 12.4. The number of nitriles is 1. The maximum Gasteiger partial charge on any atom is 0.255 e. The van der Waals surface area contributed by atoms with E-state index in [1.54, 1.807) is 18.2 Å². The molecule has 0 bridgehead atoms. The Balaban J connectivity index is 1.76. The highest BCUT2D eigenvalue weighted by Crippen LogP contribution is 2.39. The number of benzene rings is 1. The first-order chi connectivity index (χ1) is 14.6. The third-order valence-corrected chi connectivity index (χ3v) is 4.81. The van der Waals surface area contributed by atoms with Crippen LogP contribution in [-0.4, -0.2) is 44.3 Å². The lowest BCUT2D eigenvalue weighted by Crippen LogP contribution is -2.18. The summed E-state index contributed by atoms with van der Waals surface area (Å²) >= 11 is 0. The molecule has 1 N–H and O–H groups in total. The first-order valence-electron chi connectivity index (χ1n) is 8.94. The number of rotatable bonds is 5. The van der Waals surface area contributed by atoms with E-state index in [0.29, 0.717) is 46.3 Å². The van der Waals surface area contributed by atoms with Crippen LogP contribution in [0.3, 0.4) is 0 Å². The van der Waals surface area contributed by atoms with Gasteiger partial charge in [0.1, 0.15) is 12.4 Å². The lowest BCUT2D eigenvalue weighted by atomic mass is 9.95. The van der Waals surface area contributed by atoms with Crippen molar-refractivity contribution in [2.24, 2.45) is 9.98 Å². The zero-order valence-electron chi connectivity index (χ0n) is 16.5. The molecule has 30 heavy (non-hydrogen) atoms. The van der Waals surface area contributed by atoms with Crippen LogP contribution in [0.2, 0.25) is 0 Å². The normalized spacial score (nSPS) is 13.4. The lowest BCUT2D eigenvalue weighted by molar-refractivity contribution is 0.102. The van der Waals surface area contributed by atoms with E-state index in [0.717, 1.165) is 5.71 Å². The molecular formula is C21H17N5O4. The minimum Gasteiger partial charge on any atom is -0.493 e. The van der Waals surface area contributed by atoms with E-state index in [2.05, 4.69) is 26.4 Å². The van der Waals surface area contributed by atoms with Gasteiger partial charge in [0.2, 0.25) is 5.75 Å². The van der Waals surface area contributed by atoms with Crippen molar-refractivity contribution in [3.8, 4) is 23.3 Å². The summed E-state index contributed by atoms with van der Waals surface area (Å²) in [5.41, 5.74) is 3.75. The molecule has 0 saturated heterocycles. The summed E-state index contributed by atoms with van der Waals surface area (Å²) in [4.78, 5) is 25.9. The van der Waals surface area contributed by atoms with Gasteiger partial charge in [-0.05, 0) is 18.2 Å². The fourth-order valence-corrected chi connectivity index (χ4v) is 3.33. The maximum absolute atomic E-state index is 13.1. The second kappa shape index (κ2) is 7.67. The maximum atomic E-state index is 13.1. The summed E-state index contributed by atoms with van der Waals surface area (Å²) in [6.45, 7) is 0. The highest BCUT2D eigenvalue weighted by Gasteiger charge is 2.25. The van der Waals surface area contributed by atoms with Gasteiger partial charge in [-0.25, -0.2) is 9.98 Å². The predicted molar refractivity (Wildman–Crippen MR) is 111 cm³/mol. The van der Waals surface area contributed by atoms with Crippen molar-refractivity contribution in [3.05, 3.63) is 46.4 Å². The molecule has 1 aliphatic heterocycles. The van der Waals surface area contributed by atoms with Gasteiger partial charge in [-0.3, -0.25) is 9.78 Å². The van der Waals surface area contributed by atoms with Crippen LogP contribution in [0, 0.1) is 11.3 Å². The Bertz CT molecular complexity index is 1170. The van der Waals surface area contributed by atoms with E-state index in [9.17, 15) is 10.1 Å². The zero-order chi connectivity index (χ0) is 21.3. The molecule has 0 atom stereocenters. The van der Waals surface area contributed by atoms with Gasteiger partial charge in [-0.2, -0.15) is 5.26 Å². The number of anilines is 1. The van der Waals surface area contributed by atoms with Crippen molar-refractivity contribution in [1.29, 1.82) is 5.26 Å². The fraction of sp³-hybridized carbons (Fsp3) is 0.190. The molecule has 150 valence electrons. The van der Waals surface area contributed by atoms with Crippen LogP contribution in [0.1, 0.15) is 27.2 Å². The molecule has 1 amide bonds. The molecule has 1 aliphatic carbocycles. The van der Waals surface area contributed by atoms with Crippen molar-refractivity contribution >= 4 is 29.7 Å². The number of carbonyl (C=O) groups is 1. The predicted octanol–water partition coefficient (Wildman–Crippen LogP) is 2.61. The Labute approximate surface area is 172 Å². The molecule has 9 nitrogen and oxygen atoms in total. The van der Waals surface area contributed by atoms with Crippen molar-refractivity contribution in [2.45, 2.75) is 6.42 Å². The highest BCUT2D eigenvalue weighted by atomic mass is 16.5. The fourth-order valence-electron chi connectivity index (χ4n) is 3.33. The number of nitrogens with one attached hydrogen (secondary N) is 1. The number of aliphatic imine (C=N–C) groups is 2. The molecule has 0 fully saturated rings. The molecule has 2 aliphatic rings. The Hall–Kier alpha value is -4.19. The molecule has 9 heteroatoms. The number of hydrogen-bond acceptors (Lipinski definition) is 8. The second-order valence-corrected chi connectivity index (χ2v) is 6.41. The van der Waals surface area contributed by atoms with Crippen LogP contribution in [-0.2, 0) is 6.42 Å². The van der Waals surface area contributed by atoms with Gasteiger partial charge in [0.15, 0.2) is 11.5 Å². The van der Waals surface area contributed by atoms with Gasteiger partial charge in [0.25, 0.3) is 5.91 Å². The van der Waals surface area contributed by atoms with Crippen molar-refractivity contribution < 1.29 is 19.0 Å². The number of amides is 1. The van der Waals surface area contributed by atoms with Gasteiger partial charge in [0.05, 0.1) is 49.7 Å². The number of methoxy groups -OCH3 is 3. The van der Waals surface area contributed by atoms with Gasteiger partial charge in [-0.15, -0.1) is 0 Å². The average molecular weight is 403 g/mol. The number of pyridine rings is 1. The molecule has 0 spiro atoms. The third-order valence-electron chi connectivity index (χ3n) is 4.81. The Morgan fingerprint density at radius 2 is 1.90 bits per heavy atom. The van der Waals surface area contributed by atoms with Crippen LogP contribution >= 0.6 is 0 Å². The molecule has 1 aromatic carbocycles. The van der Waals surface area contributed by atoms with E-state index >= 15 is 0 Å². The van der Waals surface area contributed by atoms with Gasteiger partial charge in [-0.1, -0.05) is 0 Å². The first kappa shape index (κ1) is 19.1. The van der Waals surface area contributed by atoms with Crippen LogP contribution in [0.4, 0.5) is 5.69 Å². The molecule has 2 heterocycles. The van der Waals surface area contributed by atoms with Crippen LogP contribution in [0.15, 0.2) is 34.0 Å². The molecule has 0 radical (unpaired) electrons. The Morgan fingerprint density at radius 3 is 2.53 bits per heavy atom.